The van der Waals surface area contributed by atoms with Crippen LogP contribution in [0.1, 0.15) is 64.5 Å². The number of halogens is 2. The summed E-state index contributed by atoms with van der Waals surface area (Å²) in [5.74, 6) is -1.87. The molecular weight excluding hydrogens is 670 g/mol. The molecule has 258 valence electrons. The Bertz CT molecular complexity index is 2010. The Morgan fingerprint density at radius 3 is 2.28 bits per heavy atom. The van der Waals surface area contributed by atoms with Crippen molar-refractivity contribution in [1.82, 2.24) is 19.8 Å². The predicted octanol–water partition coefficient (Wildman–Crippen LogP) is 6.86. The van der Waals surface area contributed by atoms with Crippen molar-refractivity contribution in [3.63, 3.8) is 0 Å². The van der Waals surface area contributed by atoms with E-state index in [0.717, 1.165) is 12.1 Å². The Morgan fingerprint density at radius 1 is 0.940 bits per heavy atom. The molecule has 1 atom stereocenters. The maximum atomic E-state index is 14.9. The summed E-state index contributed by atoms with van der Waals surface area (Å²) in [6.07, 6.45) is -0.961. The van der Waals surface area contributed by atoms with Crippen LogP contribution in [0.2, 0.25) is 0 Å². The molecule has 1 aromatic heterocycles. The third-order valence-corrected chi connectivity index (χ3v) is 9.11. The third-order valence-electron chi connectivity index (χ3n) is 8.02. The minimum atomic E-state index is -1.04. The van der Waals surface area contributed by atoms with Gasteiger partial charge in [-0.25, -0.2) is 23.5 Å². The zero-order valence-corrected chi connectivity index (χ0v) is 28.6. The highest BCUT2D eigenvalue weighted by atomic mass is 32.2. The van der Waals surface area contributed by atoms with Crippen LogP contribution in [0, 0.1) is 11.6 Å². The van der Waals surface area contributed by atoms with E-state index in [4.69, 9.17) is 14.2 Å². The molecule has 0 radical (unpaired) electrons. The summed E-state index contributed by atoms with van der Waals surface area (Å²) in [6, 6.07) is 15.4. The van der Waals surface area contributed by atoms with Crippen molar-refractivity contribution in [2.24, 2.45) is 0 Å². The highest BCUT2D eigenvalue weighted by Gasteiger charge is 2.46. The maximum Gasteiger partial charge on any atom is 0.424 e. The SMILES string of the molecule is COc1ccc(CN2Cc3nc(-c4c(F)cccc4F)nc(Cc4ccc(C5SC(=O)N(C(=O)OC(C)(C)C)C5=O)cc4)c3C2=O)c(OC)c1. The number of hydrogen-bond donors (Lipinski definition) is 0. The lowest BCUT2D eigenvalue weighted by Crippen LogP contribution is -2.40. The van der Waals surface area contributed by atoms with Crippen molar-refractivity contribution in [2.45, 2.75) is 51.1 Å². The number of fused-ring (bicyclic) bond motifs is 1. The Morgan fingerprint density at radius 2 is 1.64 bits per heavy atom. The van der Waals surface area contributed by atoms with Gasteiger partial charge >= 0.3 is 6.09 Å². The molecule has 14 heteroatoms. The van der Waals surface area contributed by atoms with E-state index in [2.05, 4.69) is 9.97 Å². The number of amides is 4. The van der Waals surface area contributed by atoms with Crippen molar-refractivity contribution >= 4 is 34.9 Å². The van der Waals surface area contributed by atoms with Crippen LogP contribution in [-0.2, 0) is 29.0 Å². The fourth-order valence-corrected chi connectivity index (χ4v) is 6.67. The van der Waals surface area contributed by atoms with E-state index in [-0.39, 0.29) is 42.5 Å². The van der Waals surface area contributed by atoms with E-state index in [0.29, 0.717) is 50.5 Å². The molecule has 4 aromatic rings. The number of ether oxygens (including phenoxy) is 3. The Kier molecular flexibility index (Phi) is 9.31. The van der Waals surface area contributed by atoms with Gasteiger partial charge in [0.05, 0.1) is 49.8 Å². The molecule has 3 aromatic carbocycles. The largest absolute Gasteiger partial charge is 0.497 e. The lowest BCUT2D eigenvalue weighted by atomic mass is 10.0. The molecule has 1 saturated heterocycles. The number of carbonyl (C=O) groups is 4. The van der Waals surface area contributed by atoms with Crippen molar-refractivity contribution in [3.8, 4) is 22.9 Å². The van der Waals surface area contributed by atoms with Crippen LogP contribution in [-0.4, -0.2) is 62.7 Å². The summed E-state index contributed by atoms with van der Waals surface area (Å²) in [5, 5.41) is -1.70. The van der Waals surface area contributed by atoms with Crippen LogP contribution in [0.5, 0.6) is 11.5 Å². The monoisotopic (exact) mass is 702 g/mol. The molecule has 2 aliphatic heterocycles. The first kappa shape index (κ1) is 34.5. The zero-order valence-electron chi connectivity index (χ0n) is 27.8. The Labute approximate surface area is 290 Å². The second-order valence-electron chi connectivity index (χ2n) is 12.6. The van der Waals surface area contributed by atoms with E-state index in [1.807, 2.05) is 0 Å². The minimum absolute atomic E-state index is 0.0596. The van der Waals surface area contributed by atoms with E-state index < -0.39 is 45.3 Å². The van der Waals surface area contributed by atoms with Crippen LogP contribution in [0.25, 0.3) is 11.4 Å². The first-order chi connectivity index (χ1) is 23.8. The van der Waals surface area contributed by atoms with Gasteiger partial charge in [-0.3, -0.25) is 14.4 Å². The van der Waals surface area contributed by atoms with Gasteiger partial charge in [0, 0.05) is 18.1 Å². The fourth-order valence-electron chi connectivity index (χ4n) is 5.70. The minimum Gasteiger partial charge on any atom is -0.497 e. The van der Waals surface area contributed by atoms with Gasteiger partial charge in [0.1, 0.15) is 34.0 Å². The number of benzene rings is 3. The molecule has 0 bridgehead atoms. The van der Waals surface area contributed by atoms with E-state index in [1.54, 1.807) is 68.1 Å². The fraction of sp³-hybridized carbons (Fsp3) is 0.278. The molecule has 50 heavy (non-hydrogen) atoms. The average Bonchev–Trinajstić information content (AvgIpc) is 3.54. The molecule has 0 aliphatic carbocycles. The topological polar surface area (TPSA) is 128 Å². The highest BCUT2D eigenvalue weighted by molar-refractivity contribution is 8.15. The Balaban J connectivity index is 1.31. The summed E-state index contributed by atoms with van der Waals surface area (Å²) >= 11 is 0.702. The second kappa shape index (κ2) is 13.5. The van der Waals surface area contributed by atoms with Crippen molar-refractivity contribution in [3.05, 3.63) is 106 Å². The van der Waals surface area contributed by atoms with Crippen molar-refractivity contribution < 1.29 is 42.2 Å². The number of rotatable bonds is 8. The van der Waals surface area contributed by atoms with E-state index in [9.17, 15) is 28.0 Å². The van der Waals surface area contributed by atoms with Gasteiger partial charge in [-0.2, -0.15) is 4.90 Å². The summed E-state index contributed by atoms with van der Waals surface area (Å²) in [5.41, 5.74) is 1.32. The van der Waals surface area contributed by atoms with Gasteiger partial charge in [0.15, 0.2) is 5.82 Å². The van der Waals surface area contributed by atoms with Gasteiger partial charge in [0.2, 0.25) is 0 Å². The first-order valence-corrected chi connectivity index (χ1v) is 16.4. The summed E-state index contributed by atoms with van der Waals surface area (Å²) in [4.78, 5) is 63.2. The highest BCUT2D eigenvalue weighted by Crippen LogP contribution is 2.40. The molecule has 0 N–H and O–H groups in total. The molecule has 3 heterocycles. The third kappa shape index (κ3) is 6.75. The summed E-state index contributed by atoms with van der Waals surface area (Å²) < 4.78 is 45.9. The van der Waals surface area contributed by atoms with Crippen LogP contribution >= 0.6 is 11.8 Å². The van der Waals surface area contributed by atoms with Gasteiger partial charge in [-0.1, -0.05) is 30.3 Å². The lowest BCUT2D eigenvalue weighted by Gasteiger charge is -2.22. The normalized spacial score (nSPS) is 15.8. The zero-order chi connectivity index (χ0) is 35.9. The van der Waals surface area contributed by atoms with E-state index in [1.165, 1.54) is 20.3 Å². The lowest BCUT2D eigenvalue weighted by molar-refractivity contribution is -0.126. The number of carbonyl (C=O) groups excluding carboxylic acids is 4. The second-order valence-corrected chi connectivity index (χ2v) is 13.6. The Hall–Kier alpha value is -5.37. The van der Waals surface area contributed by atoms with Gasteiger partial charge in [-0.15, -0.1) is 0 Å². The van der Waals surface area contributed by atoms with Crippen molar-refractivity contribution in [1.29, 1.82) is 0 Å². The molecule has 11 nitrogen and oxygen atoms in total. The number of methoxy groups -OCH3 is 2. The predicted molar refractivity (Wildman–Crippen MR) is 179 cm³/mol. The summed E-state index contributed by atoms with van der Waals surface area (Å²) in [6.45, 7) is 5.11. The van der Waals surface area contributed by atoms with Crippen LogP contribution in [0.3, 0.4) is 0 Å². The first-order valence-electron chi connectivity index (χ1n) is 15.5. The van der Waals surface area contributed by atoms with Crippen molar-refractivity contribution in [2.75, 3.05) is 14.2 Å². The standard InChI is InChI=1S/C36H32F2N4O7S/c1-36(2,3)49-34(45)42-33(44)30(50-35(42)46)20-11-9-19(10-12-20)15-25-29-26(40-31(39-25)28-23(37)7-6-8-24(28)38)18-41(32(29)43)17-21-13-14-22(47-4)16-27(21)48-5/h6-14,16,30H,15,17-18H2,1-5H3. The van der Waals surface area contributed by atoms with Gasteiger partial charge in [-0.05, 0) is 67.9 Å². The number of aromatic nitrogens is 2. The van der Waals surface area contributed by atoms with Crippen LogP contribution in [0.4, 0.5) is 18.4 Å². The number of imide groups is 3. The van der Waals surface area contributed by atoms with Gasteiger partial charge in [0.25, 0.3) is 17.1 Å². The molecular formula is C36H32F2N4O7S. The molecule has 6 rings (SSSR count). The van der Waals surface area contributed by atoms with Crippen LogP contribution in [0.15, 0.2) is 60.7 Å². The number of hydrogen-bond acceptors (Lipinski definition) is 10. The number of thioether (sulfide) groups is 1. The molecule has 0 saturated carbocycles. The average molecular weight is 703 g/mol. The molecule has 2 aliphatic rings. The maximum absolute atomic E-state index is 14.9. The molecule has 4 amide bonds. The molecule has 1 unspecified atom stereocenters. The smallest absolute Gasteiger partial charge is 0.424 e. The quantitative estimate of drug-likeness (QED) is 0.192. The van der Waals surface area contributed by atoms with Gasteiger partial charge < -0.3 is 19.1 Å². The molecule has 0 spiro atoms. The molecule has 1 fully saturated rings. The number of nitrogens with zero attached hydrogens (tertiary/aromatic N) is 4. The van der Waals surface area contributed by atoms with E-state index >= 15 is 0 Å². The summed E-state index contributed by atoms with van der Waals surface area (Å²) in [7, 11) is 3.05. The van der Waals surface area contributed by atoms with Crippen LogP contribution < -0.4 is 9.47 Å².